The van der Waals surface area contributed by atoms with Gasteiger partial charge >= 0.3 is 5.97 Å². The highest BCUT2D eigenvalue weighted by Gasteiger charge is 2.38. The van der Waals surface area contributed by atoms with Gasteiger partial charge in [-0.3, -0.25) is 19.5 Å². The Kier molecular flexibility index (Phi) is 10.2. The topological polar surface area (TPSA) is 125 Å². The Hall–Kier alpha value is -3.33. The average Bonchev–Trinajstić information content (AvgIpc) is 3.47. The van der Waals surface area contributed by atoms with Crippen molar-refractivity contribution < 1.29 is 19.5 Å². The van der Waals surface area contributed by atoms with Gasteiger partial charge in [0.2, 0.25) is 11.8 Å². The van der Waals surface area contributed by atoms with Gasteiger partial charge in [0, 0.05) is 24.6 Å². The van der Waals surface area contributed by atoms with E-state index in [2.05, 4.69) is 27.8 Å². The first-order valence-electron chi connectivity index (χ1n) is 14.0. The zero-order valence-electron chi connectivity index (χ0n) is 22.0. The predicted octanol–water partition coefficient (Wildman–Crippen LogP) is 3.52. The summed E-state index contributed by atoms with van der Waals surface area (Å²) in [6.45, 7) is 1.67. The number of aryl methyl sites for hydroxylation is 2. The fourth-order valence-electron chi connectivity index (χ4n) is 5.32. The minimum absolute atomic E-state index is 0.0307. The molecule has 1 fully saturated rings. The fourth-order valence-corrected chi connectivity index (χ4v) is 5.32. The van der Waals surface area contributed by atoms with Crippen LogP contribution >= 0.6 is 0 Å². The fraction of sp³-hybridized carbons (Fsp3) is 0.552. The second kappa shape index (κ2) is 14.0. The number of carbonyl (C=O) groups is 3. The van der Waals surface area contributed by atoms with Crippen LogP contribution in [0, 0.1) is 0 Å². The van der Waals surface area contributed by atoms with E-state index in [0.29, 0.717) is 24.9 Å². The number of unbranched alkanes of at least 4 members (excludes halogenated alkanes) is 4. The molecule has 2 unspecified atom stereocenters. The summed E-state index contributed by atoms with van der Waals surface area (Å²) >= 11 is 0. The molecule has 9 heteroatoms. The van der Waals surface area contributed by atoms with Crippen LogP contribution in [-0.2, 0) is 33.6 Å². The Labute approximate surface area is 224 Å². The second-order valence-corrected chi connectivity index (χ2v) is 10.3. The van der Waals surface area contributed by atoms with Crippen LogP contribution in [0.5, 0.6) is 0 Å². The lowest BCUT2D eigenvalue weighted by Gasteiger charge is -2.29. The molecule has 204 valence electrons. The molecular formula is C29H39N5O4. The molecule has 2 aromatic heterocycles. The van der Waals surface area contributed by atoms with E-state index in [0.717, 1.165) is 74.3 Å². The number of nitrogens with zero attached hydrogens (tertiary/aromatic N) is 3. The number of carboxylic acid groups (broad SMARTS) is 1. The third-order valence-corrected chi connectivity index (χ3v) is 7.43. The summed E-state index contributed by atoms with van der Waals surface area (Å²) in [5.74, 6) is -1.01. The van der Waals surface area contributed by atoms with Crippen LogP contribution in [0.1, 0.15) is 74.6 Å². The standard InChI is InChI=1S/C29H39N5O4/c35-26(20-21-14-18-30-19-15-21)34(28(36)24-10-7-16-31-24)25(29(37)38)11-5-3-1-2-4-9-23-13-12-22-8-6-17-32-27(22)33-23/h12-15,18-19,24-25,31H,1-11,16-17,20H2,(H,32,33)(H,37,38). The van der Waals surface area contributed by atoms with Crippen molar-refractivity contribution in [2.75, 3.05) is 18.4 Å². The lowest BCUT2D eigenvalue weighted by Crippen LogP contribution is -2.54. The molecule has 0 saturated carbocycles. The van der Waals surface area contributed by atoms with E-state index in [4.69, 9.17) is 4.98 Å². The summed E-state index contributed by atoms with van der Waals surface area (Å²) in [4.78, 5) is 48.5. The normalized spacial score (nSPS) is 17.3. The van der Waals surface area contributed by atoms with E-state index in [1.807, 2.05) is 0 Å². The first-order valence-corrected chi connectivity index (χ1v) is 14.0. The van der Waals surface area contributed by atoms with Crippen molar-refractivity contribution in [1.82, 2.24) is 20.2 Å². The zero-order valence-corrected chi connectivity index (χ0v) is 22.0. The van der Waals surface area contributed by atoms with Gasteiger partial charge in [-0.25, -0.2) is 9.78 Å². The largest absolute Gasteiger partial charge is 0.480 e. The predicted molar refractivity (Wildman–Crippen MR) is 145 cm³/mol. The molecule has 2 atom stereocenters. The molecule has 2 amide bonds. The number of aromatic nitrogens is 2. The summed E-state index contributed by atoms with van der Waals surface area (Å²) < 4.78 is 0. The van der Waals surface area contributed by atoms with Gasteiger partial charge in [-0.15, -0.1) is 0 Å². The van der Waals surface area contributed by atoms with Crippen LogP contribution in [0.2, 0.25) is 0 Å². The first-order chi connectivity index (χ1) is 18.5. The molecule has 4 rings (SSSR count). The van der Waals surface area contributed by atoms with E-state index in [-0.39, 0.29) is 12.8 Å². The zero-order chi connectivity index (χ0) is 26.7. The highest BCUT2D eigenvalue weighted by molar-refractivity contribution is 6.02. The molecule has 0 aromatic carbocycles. The van der Waals surface area contributed by atoms with Crippen molar-refractivity contribution in [2.24, 2.45) is 0 Å². The van der Waals surface area contributed by atoms with Crippen molar-refractivity contribution in [3.8, 4) is 0 Å². The molecule has 0 radical (unpaired) electrons. The number of rotatable bonds is 13. The Balaban J connectivity index is 1.27. The summed E-state index contributed by atoms with van der Waals surface area (Å²) in [7, 11) is 0. The highest BCUT2D eigenvalue weighted by Crippen LogP contribution is 2.21. The van der Waals surface area contributed by atoms with Crippen LogP contribution in [0.15, 0.2) is 36.7 Å². The monoisotopic (exact) mass is 521 g/mol. The van der Waals surface area contributed by atoms with E-state index in [1.165, 1.54) is 5.56 Å². The van der Waals surface area contributed by atoms with Gasteiger partial charge < -0.3 is 15.7 Å². The van der Waals surface area contributed by atoms with Crippen molar-refractivity contribution in [1.29, 1.82) is 0 Å². The van der Waals surface area contributed by atoms with E-state index >= 15 is 0 Å². The maximum Gasteiger partial charge on any atom is 0.326 e. The Bertz CT molecular complexity index is 1090. The quantitative estimate of drug-likeness (QED) is 0.342. The molecule has 3 N–H and O–H groups in total. The number of hydrogen-bond acceptors (Lipinski definition) is 7. The lowest BCUT2D eigenvalue weighted by atomic mass is 10.0. The van der Waals surface area contributed by atoms with Crippen molar-refractivity contribution in [3.63, 3.8) is 0 Å². The number of aliphatic carboxylic acids is 1. The molecule has 2 aromatic rings. The summed E-state index contributed by atoms with van der Waals surface area (Å²) in [5.41, 5.74) is 3.10. The molecular weight excluding hydrogens is 482 g/mol. The van der Waals surface area contributed by atoms with Gasteiger partial charge in [0.15, 0.2) is 0 Å². The Morgan fingerprint density at radius 3 is 2.55 bits per heavy atom. The number of hydrogen-bond donors (Lipinski definition) is 3. The minimum atomic E-state index is -1.16. The van der Waals surface area contributed by atoms with Crippen LogP contribution in [0.4, 0.5) is 5.82 Å². The number of carbonyl (C=O) groups excluding carboxylic acids is 2. The van der Waals surface area contributed by atoms with E-state index in [1.54, 1.807) is 24.5 Å². The molecule has 2 aliphatic heterocycles. The molecule has 38 heavy (non-hydrogen) atoms. The van der Waals surface area contributed by atoms with Crippen LogP contribution in [0.3, 0.4) is 0 Å². The molecule has 0 spiro atoms. The lowest BCUT2D eigenvalue weighted by molar-refractivity contribution is -0.159. The average molecular weight is 522 g/mol. The second-order valence-electron chi connectivity index (χ2n) is 10.3. The SMILES string of the molecule is O=C(O)C(CCCCCCCc1ccc2c(n1)NCCC2)N(C(=O)Cc1ccncc1)C(=O)C1CCCN1. The maximum atomic E-state index is 13.3. The summed E-state index contributed by atoms with van der Waals surface area (Å²) in [6, 6.07) is 6.05. The molecule has 2 aliphatic rings. The Morgan fingerprint density at radius 2 is 1.79 bits per heavy atom. The highest BCUT2D eigenvalue weighted by atomic mass is 16.4. The number of nitrogens with one attached hydrogen (secondary N) is 2. The number of amides is 2. The van der Waals surface area contributed by atoms with Crippen LogP contribution in [-0.4, -0.2) is 62.9 Å². The number of anilines is 1. The Morgan fingerprint density at radius 1 is 1.00 bits per heavy atom. The van der Waals surface area contributed by atoms with Crippen molar-refractivity contribution >= 4 is 23.6 Å². The molecule has 0 aliphatic carbocycles. The number of pyridine rings is 2. The van der Waals surface area contributed by atoms with Gasteiger partial charge in [-0.05, 0) is 80.8 Å². The molecule has 1 saturated heterocycles. The number of fused-ring (bicyclic) bond motifs is 1. The van der Waals surface area contributed by atoms with E-state index < -0.39 is 29.9 Å². The number of carboxylic acids is 1. The van der Waals surface area contributed by atoms with Gasteiger partial charge in [-0.2, -0.15) is 0 Å². The van der Waals surface area contributed by atoms with Gasteiger partial charge in [0.1, 0.15) is 11.9 Å². The van der Waals surface area contributed by atoms with Crippen molar-refractivity contribution in [3.05, 3.63) is 53.5 Å². The van der Waals surface area contributed by atoms with Crippen LogP contribution in [0.25, 0.3) is 0 Å². The molecule has 9 nitrogen and oxygen atoms in total. The van der Waals surface area contributed by atoms with Crippen LogP contribution < -0.4 is 10.6 Å². The minimum Gasteiger partial charge on any atom is -0.480 e. The van der Waals surface area contributed by atoms with Crippen molar-refractivity contribution in [2.45, 2.75) is 89.1 Å². The van der Waals surface area contributed by atoms with Gasteiger partial charge in [-0.1, -0.05) is 31.7 Å². The molecule has 0 bridgehead atoms. The maximum absolute atomic E-state index is 13.3. The third-order valence-electron chi connectivity index (χ3n) is 7.43. The van der Waals surface area contributed by atoms with Gasteiger partial charge in [0.25, 0.3) is 0 Å². The summed E-state index contributed by atoms with van der Waals surface area (Å²) in [5, 5.41) is 16.5. The smallest absolute Gasteiger partial charge is 0.326 e. The van der Waals surface area contributed by atoms with Gasteiger partial charge in [0.05, 0.1) is 12.5 Å². The third kappa shape index (κ3) is 7.60. The first kappa shape index (κ1) is 27.7. The summed E-state index contributed by atoms with van der Waals surface area (Å²) in [6.07, 6.45) is 12.5. The number of imide groups is 1. The van der Waals surface area contributed by atoms with E-state index in [9.17, 15) is 19.5 Å². The molecule has 4 heterocycles.